The van der Waals surface area contributed by atoms with Crippen LogP contribution in [0.5, 0.6) is 0 Å². The fraction of sp³-hybridized carbons (Fsp3) is 0.182. The SMILES string of the molecule is CCC(=O)c1cnc(-c2ccnnc2)nc1. The van der Waals surface area contributed by atoms with E-state index in [0.717, 1.165) is 5.56 Å². The second-order valence-corrected chi connectivity index (χ2v) is 3.20. The molecule has 2 heterocycles. The molecule has 0 bridgehead atoms. The summed E-state index contributed by atoms with van der Waals surface area (Å²) in [6.45, 7) is 1.81. The van der Waals surface area contributed by atoms with Gasteiger partial charge in [-0.2, -0.15) is 10.2 Å². The van der Waals surface area contributed by atoms with E-state index in [4.69, 9.17) is 0 Å². The first-order valence-corrected chi connectivity index (χ1v) is 4.93. The van der Waals surface area contributed by atoms with E-state index in [1.807, 2.05) is 6.92 Å². The lowest BCUT2D eigenvalue weighted by Gasteiger charge is -2.00. The molecule has 0 radical (unpaired) electrons. The topological polar surface area (TPSA) is 68.6 Å². The maximum absolute atomic E-state index is 11.4. The van der Waals surface area contributed by atoms with Gasteiger partial charge in [-0.05, 0) is 6.07 Å². The minimum Gasteiger partial charge on any atom is -0.294 e. The average Bonchev–Trinajstić information content (AvgIpc) is 2.39. The second-order valence-electron chi connectivity index (χ2n) is 3.20. The molecule has 16 heavy (non-hydrogen) atoms. The highest BCUT2D eigenvalue weighted by Crippen LogP contribution is 2.11. The predicted molar refractivity (Wildman–Crippen MR) is 57.7 cm³/mol. The van der Waals surface area contributed by atoms with Crippen LogP contribution in [0.2, 0.25) is 0 Å². The van der Waals surface area contributed by atoms with Gasteiger partial charge in [0.2, 0.25) is 0 Å². The van der Waals surface area contributed by atoms with Gasteiger partial charge in [-0.15, -0.1) is 0 Å². The van der Waals surface area contributed by atoms with Crippen molar-refractivity contribution < 1.29 is 4.79 Å². The predicted octanol–water partition coefficient (Wildman–Crippen LogP) is 1.53. The quantitative estimate of drug-likeness (QED) is 0.724. The van der Waals surface area contributed by atoms with Crippen LogP contribution < -0.4 is 0 Å². The highest BCUT2D eigenvalue weighted by molar-refractivity contribution is 5.95. The van der Waals surface area contributed by atoms with Crippen LogP contribution in [0.15, 0.2) is 30.9 Å². The molecule has 0 amide bonds. The lowest BCUT2D eigenvalue weighted by molar-refractivity contribution is 0.0987. The van der Waals surface area contributed by atoms with E-state index in [1.165, 1.54) is 12.4 Å². The van der Waals surface area contributed by atoms with Crippen LogP contribution in [0.25, 0.3) is 11.4 Å². The standard InChI is InChI=1S/C11H10N4O/c1-2-10(16)9-5-12-11(13-6-9)8-3-4-14-15-7-8/h3-7H,2H2,1H3. The van der Waals surface area contributed by atoms with Gasteiger partial charge in [0.1, 0.15) is 0 Å². The van der Waals surface area contributed by atoms with Crippen molar-refractivity contribution in [3.8, 4) is 11.4 Å². The van der Waals surface area contributed by atoms with Gasteiger partial charge >= 0.3 is 0 Å². The van der Waals surface area contributed by atoms with Crippen molar-refractivity contribution in [2.24, 2.45) is 0 Å². The fourth-order valence-corrected chi connectivity index (χ4v) is 1.25. The molecule has 2 rings (SSSR count). The van der Waals surface area contributed by atoms with Crippen LogP contribution in [0.3, 0.4) is 0 Å². The maximum atomic E-state index is 11.4. The number of hydrogen-bond acceptors (Lipinski definition) is 5. The normalized spacial score (nSPS) is 10.1. The van der Waals surface area contributed by atoms with Crippen molar-refractivity contribution in [3.63, 3.8) is 0 Å². The number of hydrogen-bond donors (Lipinski definition) is 0. The van der Waals surface area contributed by atoms with E-state index < -0.39 is 0 Å². The zero-order valence-corrected chi connectivity index (χ0v) is 8.79. The largest absolute Gasteiger partial charge is 0.294 e. The molecular formula is C11H10N4O. The first-order valence-electron chi connectivity index (χ1n) is 4.93. The zero-order valence-electron chi connectivity index (χ0n) is 8.79. The smallest absolute Gasteiger partial charge is 0.165 e. The van der Waals surface area contributed by atoms with Crippen molar-refractivity contribution in [2.75, 3.05) is 0 Å². The molecule has 80 valence electrons. The van der Waals surface area contributed by atoms with Gasteiger partial charge in [-0.1, -0.05) is 6.92 Å². The van der Waals surface area contributed by atoms with E-state index in [1.54, 1.807) is 18.5 Å². The molecule has 0 saturated carbocycles. The summed E-state index contributed by atoms with van der Waals surface area (Å²) in [7, 11) is 0. The molecule has 0 aliphatic carbocycles. The minimum absolute atomic E-state index is 0.0411. The highest BCUT2D eigenvalue weighted by atomic mass is 16.1. The Morgan fingerprint density at radius 3 is 2.50 bits per heavy atom. The molecule has 5 heteroatoms. The molecular weight excluding hydrogens is 204 g/mol. The Kier molecular flexibility index (Phi) is 2.95. The lowest BCUT2D eigenvalue weighted by Crippen LogP contribution is -1.99. The van der Waals surface area contributed by atoms with Crippen molar-refractivity contribution in [3.05, 3.63) is 36.4 Å². The third-order valence-electron chi connectivity index (χ3n) is 2.14. The molecule has 0 N–H and O–H groups in total. The number of carbonyl (C=O) groups is 1. The third kappa shape index (κ3) is 2.08. The fourth-order valence-electron chi connectivity index (χ4n) is 1.25. The van der Waals surface area contributed by atoms with Crippen LogP contribution in [-0.4, -0.2) is 25.9 Å². The molecule has 0 aliphatic rings. The summed E-state index contributed by atoms with van der Waals surface area (Å²) in [6, 6.07) is 1.77. The Hall–Kier alpha value is -2.17. The minimum atomic E-state index is 0.0411. The van der Waals surface area contributed by atoms with Crippen LogP contribution in [-0.2, 0) is 0 Å². The number of Topliss-reactive ketones (excluding diaryl/α,β-unsaturated/α-hetero) is 1. The van der Waals surface area contributed by atoms with Crippen molar-refractivity contribution in [1.29, 1.82) is 0 Å². The van der Waals surface area contributed by atoms with Gasteiger partial charge in [-0.25, -0.2) is 9.97 Å². The molecule has 0 aromatic carbocycles. The monoisotopic (exact) mass is 214 g/mol. The number of aromatic nitrogens is 4. The van der Waals surface area contributed by atoms with Crippen molar-refractivity contribution >= 4 is 5.78 Å². The van der Waals surface area contributed by atoms with Crippen LogP contribution >= 0.6 is 0 Å². The second kappa shape index (κ2) is 4.57. The molecule has 2 aromatic heterocycles. The summed E-state index contributed by atoms with van der Waals surface area (Å²) < 4.78 is 0. The molecule has 2 aromatic rings. The van der Waals surface area contributed by atoms with Gasteiger partial charge in [0, 0.05) is 24.4 Å². The van der Waals surface area contributed by atoms with E-state index in [9.17, 15) is 4.79 Å². The Morgan fingerprint density at radius 2 is 1.94 bits per heavy atom. The van der Waals surface area contributed by atoms with E-state index in [2.05, 4.69) is 20.2 Å². The Bertz CT molecular complexity index is 481. The summed E-state index contributed by atoms with van der Waals surface area (Å²) in [5.41, 5.74) is 1.32. The van der Waals surface area contributed by atoms with Gasteiger partial charge in [0.05, 0.1) is 18.0 Å². The summed E-state index contributed by atoms with van der Waals surface area (Å²) in [5.74, 6) is 0.585. The van der Waals surface area contributed by atoms with Gasteiger partial charge < -0.3 is 0 Å². The van der Waals surface area contributed by atoms with Gasteiger partial charge in [0.15, 0.2) is 11.6 Å². The number of rotatable bonds is 3. The number of ketones is 1. The molecule has 5 nitrogen and oxygen atoms in total. The summed E-state index contributed by atoms with van der Waals surface area (Å²) in [5, 5.41) is 7.41. The van der Waals surface area contributed by atoms with E-state index in [-0.39, 0.29) is 5.78 Å². The maximum Gasteiger partial charge on any atom is 0.165 e. The van der Waals surface area contributed by atoms with E-state index in [0.29, 0.717) is 17.8 Å². The Balaban J connectivity index is 2.30. The summed E-state index contributed by atoms with van der Waals surface area (Å²) >= 11 is 0. The first kappa shape index (κ1) is 10.4. The van der Waals surface area contributed by atoms with Gasteiger partial charge in [-0.3, -0.25) is 4.79 Å². The summed E-state index contributed by atoms with van der Waals surface area (Å²) in [6.07, 6.45) is 6.68. The van der Waals surface area contributed by atoms with Crippen LogP contribution in [0, 0.1) is 0 Å². The Labute approximate surface area is 92.6 Å². The molecule has 0 saturated heterocycles. The molecule has 0 unspecified atom stereocenters. The van der Waals surface area contributed by atoms with Crippen molar-refractivity contribution in [2.45, 2.75) is 13.3 Å². The number of carbonyl (C=O) groups excluding carboxylic acids is 1. The first-order chi connectivity index (χ1) is 7.81. The Morgan fingerprint density at radius 1 is 1.19 bits per heavy atom. The van der Waals surface area contributed by atoms with Crippen LogP contribution in [0.1, 0.15) is 23.7 Å². The highest BCUT2D eigenvalue weighted by Gasteiger charge is 2.05. The zero-order chi connectivity index (χ0) is 11.4. The third-order valence-corrected chi connectivity index (χ3v) is 2.14. The van der Waals surface area contributed by atoms with Crippen LogP contribution in [0.4, 0.5) is 0 Å². The molecule has 0 atom stereocenters. The summed E-state index contributed by atoms with van der Waals surface area (Å²) in [4.78, 5) is 19.6. The average molecular weight is 214 g/mol. The number of nitrogens with zero attached hydrogens (tertiary/aromatic N) is 4. The van der Waals surface area contributed by atoms with Gasteiger partial charge in [0.25, 0.3) is 0 Å². The molecule has 0 fully saturated rings. The molecule has 0 aliphatic heterocycles. The lowest BCUT2D eigenvalue weighted by atomic mass is 10.2. The molecule has 0 spiro atoms. The van der Waals surface area contributed by atoms with E-state index >= 15 is 0 Å². The van der Waals surface area contributed by atoms with Crippen molar-refractivity contribution in [1.82, 2.24) is 20.2 Å².